The molecule has 1 heterocycles. The lowest BCUT2D eigenvalue weighted by Gasteiger charge is -2.29. The van der Waals surface area contributed by atoms with Crippen molar-refractivity contribution in [3.8, 4) is 0 Å². The van der Waals surface area contributed by atoms with Crippen LogP contribution in [0.2, 0.25) is 0 Å². The highest BCUT2D eigenvalue weighted by molar-refractivity contribution is 6.05. The van der Waals surface area contributed by atoms with Crippen LogP contribution in [0.1, 0.15) is 47.0 Å². The molecule has 1 unspecified atom stereocenters. The molecule has 1 saturated heterocycles. The van der Waals surface area contributed by atoms with Crippen molar-refractivity contribution in [1.82, 2.24) is 10.2 Å². The van der Waals surface area contributed by atoms with E-state index in [1.54, 1.807) is 20.8 Å². The Morgan fingerprint density at radius 1 is 1.45 bits per heavy atom. The number of nitrogens with two attached hydrogens (primary N) is 1. The zero-order valence-electron chi connectivity index (χ0n) is 12.8. The van der Waals surface area contributed by atoms with E-state index in [-0.39, 0.29) is 24.8 Å². The quantitative estimate of drug-likeness (QED) is 0.662. The Bertz CT molecular complexity index is 420. The zero-order valence-corrected chi connectivity index (χ0v) is 12.8. The van der Waals surface area contributed by atoms with Crippen molar-refractivity contribution in [2.45, 2.75) is 52.5 Å². The summed E-state index contributed by atoms with van der Waals surface area (Å²) >= 11 is 0. The minimum absolute atomic E-state index is 0.176. The first-order chi connectivity index (χ1) is 9.14. The number of imide groups is 1. The van der Waals surface area contributed by atoms with Crippen molar-refractivity contribution in [3.05, 3.63) is 0 Å². The highest BCUT2D eigenvalue weighted by Crippen LogP contribution is 2.32. The van der Waals surface area contributed by atoms with Gasteiger partial charge in [0.2, 0.25) is 17.7 Å². The first-order valence-corrected chi connectivity index (χ1v) is 7.04. The second kappa shape index (κ2) is 5.91. The van der Waals surface area contributed by atoms with Gasteiger partial charge in [-0.25, -0.2) is 0 Å². The van der Waals surface area contributed by atoms with Crippen LogP contribution in [-0.2, 0) is 14.4 Å². The van der Waals surface area contributed by atoms with Crippen LogP contribution in [0.25, 0.3) is 0 Å². The summed E-state index contributed by atoms with van der Waals surface area (Å²) in [6.45, 7) is 8.10. The molecule has 0 radical (unpaired) electrons. The average molecular weight is 283 g/mol. The van der Waals surface area contributed by atoms with E-state index in [9.17, 15) is 14.4 Å². The molecule has 1 aliphatic heterocycles. The fourth-order valence-corrected chi connectivity index (χ4v) is 2.29. The van der Waals surface area contributed by atoms with Crippen LogP contribution in [-0.4, -0.2) is 41.2 Å². The molecule has 0 aromatic rings. The zero-order chi connectivity index (χ0) is 15.6. The topological polar surface area (TPSA) is 92.5 Å². The van der Waals surface area contributed by atoms with Crippen molar-refractivity contribution >= 4 is 17.7 Å². The number of carbonyl (C=O) groups excluding carboxylic acids is 3. The summed E-state index contributed by atoms with van der Waals surface area (Å²) in [7, 11) is 0. The molecule has 0 aliphatic carbocycles. The number of likely N-dealkylation sites (tertiary alicyclic amines) is 1. The van der Waals surface area contributed by atoms with E-state index in [1.165, 1.54) is 4.90 Å². The standard InChI is InChI=1S/C14H25N3O3/c1-5-7-16-14(4,11(15)19)6-8-17-10(18)9-13(2,3)12(17)20/h16H,5-9H2,1-4H3,(H2,15,19). The molecule has 0 spiro atoms. The van der Waals surface area contributed by atoms with E-state index >= 15 is 0 Å². The van der Waals surface area contributed by atoms with Gasteiger partial charge in [-0.05, 0) is 26.3 Å². The second-order valence-electron chi connectivity index (χ2n) is 6.28. The summed E-state index contributed by atoms with van der Waals surface area (Å²) < 4.78 is 0. The van der Waals surface area contributed by atoms with Crippen molar-refractivity contribution in [3.63, 3.8) is 0 Å². The summed E-state index contributed by atoms with van der Waals surface area (Å²) in [4.78, 5) is 36.8. The monoisotopic (exact) mass is 283 g/mol. The lowest BCUT2D eigenvalue weighted by Crippen LogP contribution is -2.55. The van der Waals surface area contributed by atoms with Crippen LogP contribution in [0.4, 0.5) is 0 Å². The van der Waals surface area contributed by atoms with Crippen LogP contribution in [0.15, 0.2) is 0 Å². The molecule has 0 aromatic heterocycles. The molecule has 3 amide bonds. The highest BCUT2D eigenvalue weighted by Gasteiger charge is 2.45. The van der Waals surface area contributed by atoms with Gasteiger partial charge in [0.15, 0.2) is 0 Å². The number of carbonyl (C=O) groups is 3. The maximum atomic E-state index is 12.1. The average Bonchev–Trinajstić information content (AvgIpc) is 2.54. The van der Waals surface area contributed by atoms with Crippen LogP contribution < -0.4 is 11.1 Å². The number of hydrogen-bond acceptors (Lipinski definition) is 4. The SMILES string of the molecule is CCCNC(C)(CCN1C(=O)CC(C)(C)C1=O)C(N)=O. The van der Waals surface area contributed by atoms with Gasteiger partial charge in [-0.1, -0.05) is 20.8 Å². The van der Waals surface area contributed by atoms with Gasteiger partial charge in [0.1, 0.15) is 0 Å². The molecular weight excluding hydrogens is 258 g/mol. The first-order valence-electron chi connectivity index (χ1n) is 7.04. The number of primary amides is 1. The maximum absolute atomic E-state index is 12.1. The number of nitrogens with zero attached hydrogens (tertiary/aromatic N) is 1. The fourth-order valence-electron chi connectivity index (χ4n) is 2.29. The fraction of sp³-hybridized carbons (Fsp3) is 0.786. The number of amides is 3. The van der Waals surface area contributed by atoms with E-state index in [4.69, 9.17) is 5.73 Å². The Morgan fingerprint density at radius 2 is 2.05 bits per heavy atom. The van der Waals surface area contributed by atoms with E-state index in [0.29, 0.717) is 13.0 Å². The van der Waals surface area contributed by atoms with Gasteiger partial charge in [0, 0.05) is 13.0 Å². The first kappa shape index (κ1) is 16.6. The molecule has 3 N–H and O–H groups in total. The third-order valence-electron chi connectivity index (χ3n) is 3.86. The molecule has 114 valence electrons. The summed E-state index contributed by atoms with van der Waals surface area (Å²) in [5.41, 5.74) is 3.89. The molecular formula is C14H25N3O3. The maximum Gasteiger partial charge on any atom is 0.237 e. The molecule has 6 nitrogen and oxygen atoms in total. The summed E-state index contributed by atoms with van der Waals surface area (Å²) in [6.07, 6.45) is 1.43. The van der Waals surface area contributed by atoms with Crippen LogP contribution in [0.3, 0.4) is 0 Å². The molecule has 0 bridgehead atoms. The minimum Gasteiger partial charge on any atom is -0.368 e. The van der Waals surface area contributed by atoms with Crippen molar-refractivity contribution in [2.24, 2.45) is 11.1 Å². The lowest BCUT2D eigenvalue weighted by molar-refractivity contribution is -0.141. The van der Waals surface area contributed by atoms with Crippen LogP contribution in [0.5, 0.6) is 0 Å². The summed E-state index contributed by atoms with van der Waals surface area (Å²) in [6, 6.07) is 0. The largest absolute Gasteiger partial charge is 0.368 e. The Balaban J connectivity index is 2.71. The van der Waals surface area contributed by atoms with Crippen molar-refractivity contribution < 1.29 is 14.4 Å². The van der Waals surface area contributed by atoms with Gasteiger partial charge in [-0.2, -0.15) is 0 Å². The molecule has 1 fully saturated rings. The second-order valence-corrected chi connectivity index (χ2v) is 6.28. The third kappa shape index (κ3) is 3.36. The number of nitrogens with one attached hydrogen (secondary N) is 1. The van der Waals surface area contributed by atoms with E-state index in [1.807, 2.05) is 6.92 Å². The van der Waals surface area contributed by atoms with Gasteiger partial charge in [-0.15, -0.1) is 0 Å². The third-order valence-corrected chi connectivity index (χ3v) is 3.86. The highest BCUT2D eigenvalue weighted by atomic mass is 16.2. The Morgan fingerprint density at radius 3 is 2.45 bits per heavy atom. The van der Waals surface area contributed by atoms with Crippen molar-refractivity contribution in [2.75, 3.05) is 13.1 Å². The molecule has 1 aliphatic rings. The summed E-state index contributed by atoms with van der Waals surface area (Å²) in [5, 5.41) is 3.10. The number of rotatable bonds is 7. The van der Waals surface area contributed by atoms with E-state index < -0.39 is 16.9 Å². The van der Waals surface area contributed by atoms with Gasteiger partial charge < -0.3 is 11.1 Å². The van der Waals surface area contributed by atoms with Crippen LogP contribution in [0, 0.1) is 5.41 Å². The molecule has 0 aromatic carbocycles. The van der Waals surface area contributed by atoms with Gasteiger partial charge in [0.05, 0.1) is 11.0 Å². The Labute approximate surface area is 120 Å². The van der Waals surface area contributed by atoms with E-state index in [2.05, 4.69) is 5.32 Å². The molecule has 6 heteroatoms. The van der Waals surface area contributed by atoms with E-state index in [0.717, 1.165) is 6.42 Å². The minimum atomic E-state index is -0.900. The number of hydrogen-bond donors (Lipinski definition) is 2. The summed E-state index contributed by atoms with van der Waals surface area (Å²) in [5.74, 6) is -0.823. The predicted octanol–water partition coefficient (Wildman–Crippen LogP) is 0.405. The molecule has 1 rings (SSSR count). The molecule has 0 saturated carbocycles. The van der Waals surface area contributed by atoms with Crippen LogP contribution >= 0.6 is 0 Å². The van der Waals surface area contributed by atoms with Gasteiger partial charge >= 0.3 is 0 Å². The van der Waals surface area contributed by atoms with Gasteiger partial charge in [0.25, 0.3) is 0 Å². The molecule has 20 heavy (non-hydrogen) atoms. The lowest BCUT2D eigenvalue weighted by atomic mass is 9.92. The smallest absolute Gasteiger partial charge is 0.237 e. The Hall–Kier alpha value is -1.43. The van der Waals surface area contributed by atoms with Crippen molar-refractivity contribution in [1.29, 1.82) is 0 Å². The Kier molecular flexibility index (Phi) is 4.91. The normalized spacial score (nSPS) is 21.1. The molecule has 1 atom stereocenters. The van der Waals surface area contributed by atoms with Gasteiger partial charge in [-0.3, -0.25) is 19.3 Å². The predicted molar refractivity (Wildman–Crippen MR) is 75.6 cm³/mol.